The maximum absolute atomic E-state index is 12.9. The third-order valence-electron chi connectivity index (χ3n) is 4.83. The van der Waals surface area contributed by atoms with Crippen LogP contribution in [0.25, 0.3) is 0 Å². The van der Waals surface area contributed by atoms with E-state index in [1.807, 2.05) is 50.2 Å². The molecule has 0 unspecified atom stereocenters. The minimum atomic E-state index is -0.0710. The van der Waals surface area contributed by atoms with Gasteiger partial charge in [0, 0.05) is 19.2 Å². The lowest BCUT2D eigenvalue weighted by atomic mass is 10.1. The molecular formula is C23H26ClN3O2. The van der Waals surface area contributed by atoms with Crippen LogP contribution in [-0.2, 0) is 19.7 Å². The van der Waals surface area contributed by atoms with Gasteiger partial charge < -0.3 is 9.64 Å². The van der Waals surface area contributed by atoms with Crippen LogP contribution in [0.1, 0.15) is 39.7 Å². The van der Waals surface area contributed by atoms with Crippen LogP contribution in [0.2, 0.25) is 5.02 Å². The highest BCUT2D eigenvalue weighted by atomic mass is 35.5. The van der Waals surface area contributed by atoms with Gasteiger partial charge in [-0.1, -0.05) is 41.4 Å². The van der Waals surface area contributed by atoms with Gasteiger partial charge in [0.15, 0.2) is 0 Å². The number of rotatable bonds is 7. The van der Waals surface area contributed by atoms with Crippen LogP contribution in [0.4, 0.5) is 0 Å². The predicted octanol–water partition coefficient (Wildman–Crippen LogP) is 5.02. The van der Waals surface area contributed by atoms with Crippen LogP contribution >= 0.6 is 11.6 Å². The van der Waals surface area contributed by atoms with Crippen LogP contribution in [0.15, 0.2) is 48.7 Å². The fourth-order valence-electron chi connectivity index (χ4n) is 3.25. The van der Waals surface area contributed by atoms with Crippen molar-refractivity contribution in [3.05, 3.63) is 81.6 Å². The molecule has 3 aromatic rings. The first-order chi connectivity index (χ1) is 13.9. The van der Waals surface area contributed by atoms with Crippen molar-refractivity contribution in [1.29, 1.82) is 0 Å². The molecule has 0 radical (unpaired) electrons. The Hall–Kier alpha value is -2.79. The van der Waals surface area contributed by atoms with E-state index >= 15 is 0 Å². The van der Waals surface area contributed by atoms with Gasteiger partial charge in [0.25, 0.3) is 5.91 Å². The molecule has 1 heterocycles. The van der Waals surface area contributed by atoms with Gasteiger partial charge >= 0.3 is 0 Å². The van der Waals surface area contributed by atoms with Crippen molar-refractivity contribution in [3.8, 4) is 5.75 Å². The smallest absolute Gasteiger partial charge is 0.253 e. The van der Waals surface area contributed by atoms with E-state index in [0.29, 0.717) is 30.3 Å². The zero-order chi connectivity index (χ0) is 21.0. The van der Waals surface area contributed by atoms with Gasteiger partial charge in [0.2, 0.25) is 0 Å². The minimum absolute atomic E-state index is 0.0710. The summed E-state index contributed by atoms with van der Waals surface area (Å²) in [5.74, 6) is 0.783. The molecule has 0 fully saturated rings. The Morgan fingerprint density at radius 3 is 2.72 bits per heavy atom. The van der Waals surface area contributed by atoms with Crippen LogP contribution in [0, 0.1) is 13.8 Å². The average Bonchev–Trinajstić information content (AvgIpc) is 3.06. The molecule has 0 atom stereocenters. The lowest BCUT2D eigenvalue weighted by Crippen LogP contribution is -2.27. The quantitative estimate of drug-likeness (QED) is 0.548. The van der Waals surface area contributed by atoms with Crippen LogP contribution in [0.5, 0.6) is 5.75 Å². The van der Waals surface area contributed by atoms with E-state index in [4.69, 9.17) is 16.3 Å². The fraction of sp³-hybridized carbons (Fsp3) is 0.304. The molecule has 0 bridgehead atoms. The molecule has 152 valence electrons. The number of nitrogens with zero attached hydrogens (tertiary/aromatic N) is 3. The molecule has 2 aromatic carbocycles. The number of ether oxygens (including phenoxy) is 1. The Labute approximate surface area is 176 Å². The fourth-order valence-corrected chi connectivity index (χ4v) is 3.45. The van der Waals surface area contributed by atoms with Crippen molar-refractivity contribution >= 4 is 17.5 Å². The van der Waals surface area contributed by atoms with Crippen molar-refractivity contribution in [1.82, 2.24) is 14.7 Å². The Bertz CT molecular complexity index is 1010. The van der Waals surface area contributed by atoms with Gasteiger partial charge in [-0.3, -0.25) is 9.48 Å². The lowest BCUT2D eigenvalue weighted by molar-refractivity contribution is 0.0781. The molecule has 0 saturated heterocycles. The second-order valence-electron chi connectivity index (χ2n) is 7.17. The van der Waals surface area contributed by atoms with Gasteiger partial charge in [-0.05, 0) is 50.1 Å². The molecule has 0 aliphatic rings. The molecular weight excluding hydrogens is 386 g/mol. The summed E-state index contributed by atoms with van der Waals surface area (Å²) in [6, 6.07) is 13.6. The Morgan fingerprint density at radius 2 is 2.00 bits per heavy atom. The number of halogens is 1. The molecule has 0 saturated carbocycles. The topological polar surface area (TPSA) is 47.4 Å². The van der Waals surface area contributed by atoms with Crippen molar-refractivity contribution in [2.45, 2.75) is 40.5 Å². The Balaban J connectivity index is 1.69. The third kappa shape index (κ3) is 4.98. The highest BCUT2D eigenvalue weighted by Gasteiger charge is 2.17. The zero-order valence-electron chi connectivity index (χ0n) is 17.3. The van der Waals surface area contributed by atoms with Crippen molar-refractivity contribution in [2.24, 2.45) is 0 Å². The maximum atomic E-state index is 12.9. The summed E-state index contributed by atoms with van der Waals surface area (Å²) in [6.07, 6.45) is 1.61. The summed E-state index contributed by atoms with van der Waals surface area (Å²) < 4.78 is 7.76. The van der Waals surface area contributed by atoms with E-state index in [9.17, 15) is 4.79 Å². The SMILES string of the molecule is CCn1ncc(Cl)c1CN(C)C(=O)c1cccc(COc2ccc(C)cc2C)c1. The first-order valence-corrected chi connectivity index (χ1v) is 10.0. The molecule has 1 amide bonds. The Kier molecular flexibility index (Phi) is 6.60. The normalized spacial score (nSPS) is 10.8. The van der Waals surface area contributed by atoms with Gasteiger partial charge in [-0.15, -0.1) is 0 Å². The van der Waals surface area contributed by atoms with Gasteiger partial charge in [0.05, 0.1) is 23.5 Å². The molecule has 0 aliphatic carbocycles. The summed E-state index contributed by atoms with van der Waals surface area (Å²) in [6.45, 7) is 7.59. The third-order valence-corrected chi connectivity index (χ3v) is 5.15. The number of hydrogen-bond acceptors (Lipinski definition) is 3. The van der Waals surface area contributed by atoms with Crippen LogP contribution in [-0.4, -0.2) is 27.6 Å². The summed E-state index contributed by atoms with van der Waals surface area (Å²) in [5, 5.41) is 4.80. The number of aryl methyl sites for hydroxylation is 3. The number of amides is 1. The van der Waals surface area contributed by atoms with Crippen LogP contribution in [0.3, 0.4) is 0 Å². The largest absolute Gasteiger partial charge is 0.489 e. The van der Waals surface area contributed by atoms with E-state index in [2.05, 4.69) is 18.1 Å². The summed E-state index contributed by atoms with van der Waals surface area (Å²) in [4.78, 5) is 14.6. The van der Waals surface area contributed by atoms with E-state index in [1.54, 1.807) is 22.8 Å². The van der Waals surface area contributed by atoms with Gasteiger partial charge in [-0.2, -0.15) is 5.10 Å². The molecule has 29 heavy (non-hydrogen) atoms. The van der Waals surface area contributed by atoms with E-state index in [0.717, 1.165) is 22.6 Å². The van der Waals surface area contributed by atoms with E-state index in [-0.39, 0.29) is 5.91 Å². The monoisotopic (exact) mass is 411 g/mol. The zero-order valence-corrected chi connectivity index (χ0v) is 18.0. The highest BCUT2D eigenvalue weighted by molar-refractivity contribution is 6.31. The Morgan fingerprint density at radius 1 is 1.21 bits per heavy atom. The summed E-state index contributed by atoms with van der Waals surface area (Å²) >= 11 is 6.23. The summed E-state index contributed by atoms with van der Waals surface area (Å²) in [5.41, 5.74) is 4.70. The second-order valence-corrected chi connectivity index (χ2v) is 7.58. The molecule has 3 rings (SSSR count). The van der Waals surface area contributed by atoms with Gasteiger partial charge in [0.1, 0.15) is 12.4 Å². The van der Waals surface area contributed by atoms with E-state index < -0.39 is 0 Å². The molecule has 0 N–H and O–H groups in total. The van der Waals surface area contributed by atoms with Crippen molar-refractivity contribution < 1.29 is 9.53 Å². The number of carbonyl (C=O) groups is 1. The first kappa shape index (κ1) is 20.9. The van der Waals surface area contributed by atoms with E-state index in [1.165, 1.54) is 5.56 Å². The number of hydrogen-bond donors (Lipinski definition) is 0. The van der Waals surface area contributed by atoms with Crippen molar-refractivity contribution in [3.63, 3.8) is 0 Å². The second kappa shape index (κ2) is 9.14. The standard InChI is InChI=1S/C23H26ClN3O2/c1-5-27-21(20(24)13-25-27)14-26(4)23(28)19-8-6-7-18(12-19)15-29-22-10-9-16(2)11-17(22)3/h6-13H,5,14-15H2,1-4H3. The lowest BCUT2D eigenvalue weighted by Gasteiger charge is -2.19. The number of aromatic nitrogens is 2. The molecule has 0 aliphatic heterocycles. The summed E-state index contributed by atoms with van der Waals surface area (Å²) in [7, 11) is 1.77. The molecule has 6 heteroatoms. The van der Waals surface area contributed by atoms with Crippen LogP contribution < -0.4 is 4.74 Å². The van der Waals surface area contributed by atoms with Crippen molar-refractivity contribution in [2.75, 3.05) is 7.05 Å². The number of carbonyl (C=O) groups excluding carboxylic acids is 1. The predicted molar refractivity (Wildman–Crippen MR) is 115 cm³/mol. The number of benzene rings is 2. The first-order valence-electron chi connectivity index (χ1n) is 9.63. The molecule has 5 nitrogen and oxygen atoms in total. The molecule has 0 spiro atoms. The highest BCUT2D eigenvalue weighted by Crippen LogP contribution is 2.21. The maximum Gasteiger partial charge on any atom is 0.253 e. The van der Waals surface area contributed by atoms with Gasteiger partial charge in [-0.25, -0.2) is 0 Å². The molecule has 1 aromatic heterocycles. The minimum Gasteiger partial charge on any atom is -0.489 e. The average molecular weight is 412 g/mol.